The molecule has 1 unspecified atom stereocenters. The lowest BCUT2D eigenvalue weighted by Gasteiger charge is -2.11. The van der Waals surface area contributed by atoms with Crippen LogP contribution in [0.3, 0.4) is 0 Å². The monoisotopic (exact) mass is 252 g/mol. The van der Waals surface area contributed by atoms with Crippen LogP contribution in [-0.2, 0) is 4.79 Å². The lowest BCUT2D eigenvalue weighted by atomic mass is 10.2. The first-order valence-corrected chi connectivity index (χ1v) is 5.53. The van der Waals surface area contributed by atoms with Crippen LogP contribution in [0.25, 0.3) is 0 Å². The molecule has 6 heteroatoms. The van der Waals surface area contributed by atoms with Crippen LogP contribution in [0.1, 0.15) is 17.3 Å². The fraction of sp³-hybridized carbons (Fsp3) is 0.333. The van der Waals surface area contributed by atoms with E-state index in [1.165, 1.54) is 0 Å². The number of primary amides is 1. The predicted molar refractivity (Wildman–Crippen MR) is 65.1 cm³/mol. The number of aliphatic hydroxyl groups is 1. The summed E-state index contributed by atoms with van der Waals surface area (Å²) < 4.78 is 5.30. The molecule has 98 valence electrons. The third kappa shape index (κ3) is 3.74. The zero-order valence-corrected chi connectivity index (χ0v) is 10.1. The second kappa shape index (κ2) is 6.61. The maximum absolute atomic E-state index is 11.8. The van der Waals surface area contributed by atoms with Crippen LogP contribution in [0.4, 0.5) is 0 Å². The van der Waals surface area contributed by atoms with Crippen LogP contribution in [0.15, 0.2) is 24.3 Å². The summed E-state index contributed by atoms with van der Waals surface area (Å²) in [6.45, 7) is 2.02. The van der Waals surface area contributed by atoms with Gasteiger partial charge in [-0.05, 0) is 19.1 Å². The molecule has 1 atom stereocenters. The van der Waals surface area contributed by atoms with Gasteiger partial charge < -0.3 is 20.9 Å². The van der Waals surface area contributed by atoms with Crippen molar-refractivity contribution in [1.29, 1.82) is 0 Å². The van der Waals surface area contributed by atoms with Gasteiger partial charge in [0.15, 0.2) is 0 Å². The van der Waals surface area contributed by atoms with Crippen LogP contribution in [0.5, 0.6) is 5.75 Å². The fourth-order valence-electron chi connectivity index (χ4n) is 1.32. The van der Waals surface area contributed by atoms with Crippen molar-refractivity contribution in [2.24, 2.45) is 5.73 Å². The number of carbonyl (C=O) groups is 2. The van der Waals surface area contributed by atoms with E-state index in [1.54, 1.807) is 24.3 Å². The molecule has 1 rings (SSSR count). The van der Waals surface area contributed by atoms with E-state index in [9.17, 15) is 14.7 Å². The van der Waals surface area contributed by atoms with Crippen molar-refractivity contribution in [3.05, 3.63) is 29.8 Å². The topological polar surface area (TPSA) is 102 Å². The zero-order chi connectivity index (χ0) is 13.5. The minimum Gasteiger partial charge on any atom is -0.493 e. The summed E-state index contributed by atoms with van der Waals surface area (Å²) >= 11 is 0. The Morgan fingerprint density at radius 1 is 1.44 bits per heavy atom. The highest BCUT2D eigenvalue weighted by Gasteiger charge is 2.15. The number of nitrogens with one attached hydrogen (secondary N) is 1. The highest BCUT2D eigenvalue weighted by molar-refractivity contribution is 5.97. The molecule has 0 aliphatic carbocycles. The number of benzene rings is 1. The minimum atomic E-state index is -1.40. The predicted octanol–water partition coefficient (Wildman–Crippen LogP) is -0.339. The van der Waals surface area contributed by atoms with Gasteiger partial charge in [-0.1, -0.05) is 12.1 Å². The third-order valence-corrected chi connectivity index (χ3v) is 2.22. The first-order chi connectivity index (χ1) is 8.56. The van der Waals surface area contributed by atoms with Crippen LogP contribution < -0.4 is 15.8 Å². The van der Waals surface area contributed by atoms with Crippen LogP contribution in [-0.4, -0.2) is 36.2 Å². The molecule has 0 bridgehead atoms. The number of carbonyl (C=O) groups excluding carboxylic acids is 2. The molecule has 0 saturated carbocycles. The number of rotatable bonds is 6. The molecule has 0 fully saturated rings. The molecule has 6 nitrogen and oxygen atoms in total. The van der Waals surface area contributed by atoms with Gasteiger partial charge in [-0.3, -0.25) is 9.59 Å². The average molecular weight is 252 g/mol. The Kier molecular flexibility index (Phi) is 5.13. The van der Waals surface area contributed by atoms with E-state index in [1.807, 2.05) is 6.92 Å². The van der Waals surface area contributed by atoms with Gasteiger partial charge in [0.25, 0.3) is 5.91 Å². The van der Waals surface area contributed by atoms with E-state index >= 15 is 0 Å². The van der Waals surface area contributed by atoms with Gasteiger partial charge in [0, 0.05) is 0 Å². The Labute approximate surface area is 105 Å². The molecule has 1 aromatic carbocycles. The second-order valence-corrected chi connectivity index (χ2v) is 3.56. The molecule has 4 N–H and O–H groups in total. The highest BCUT2D eigenvalue weighted by atomic mass is 16.5. The molecule has 0 aliphatic heterocycles. The smallest absolute Gasteiger partial charge is 0.255 e. The van der Waals surface area contributed by atoms with Crippen molar-refractivity contribution in [1.82, 2.24) is 5.32 Å². The molecule has 1 aromatic rings. The average Bonchev–Trinajstić information content (AvgIpc) is 2.36. The van der Waals surface area contributed by atoms with Crippen molar-refractivity contribution in [3.63, 3.8) is 0 Å². The summed E-state index contributed by atoms with van der Waals surface area (Å²) in [7, 11) is 0. The van der Waals surface area contributed by atoms with Gasteiger partial charge in [0.05, 0.1) is 18.7 Å². The zero-order valence-electron chi connectivity index (χ0n) is 10.1. The van der Waals surface area contributed by atoms with Gasteiger partial charge in [-0.15, -0.1) is 0 Å². The van der Waals surface area contributed by atoms with Crippen molar-refractivity contribution < 1.29 is 19.4 Å². The standard InChI is InChI=1S/C12H16N2O4/c1-2-18-10-6-4-3-5-8(10)12(17)14-7-9(15)11(13)16/h3-6,9,15H,2,7H2,1H3,(H2,13,16)(H,14,17). The Morgan fingerprint density at radius 3 is 2.72 bits per heavy atom. The van der Waals surface area contributed by atoms with Gasteiger partial charge in [0.2, 0.25) is 5.91 Å². The molecular formula is C12H16N2O4. The lowest BCUT2D eigenvalue weighted by molar-refractivity contribution is -0.125. The molecule has 18 heavy (non-hydrogen) atoms. The number of para-hydroxylation sites is 1. The van der Waals surface area contributed by atoms with E-state index in [0.717, 1.165) is 0 Å². The van der Waals surface area contributed by atoms with Crippen LogP contribution in [0, 0.1) is 0 Å². The summed E-state index contributed by atoms with van der Waals surface area (Å²) in [6.07, 6.45) is -1.40. The fourth-order valence-corrected chi connectivity index (χ4v) is 1.32. The molecule has 0 aliphatic rings. The van der Waals surface area contributed by atoms with E-state index in [-0.39, 0.29) is 6.54 Å². The number of hydrogen-bond acceptors (Lipinski definition) is 4. The first-order valence-electron chi connectivity index (χ1n) is 5.53. The second-order valence-electron chi connectivity index (χ2n) is 3.56. The van der Waals surface area contributed by atoms with Crippen molar-refractivity contribution >= 4 is 11.8 Å². The quantitative estimate of drug-likeness (QED) is 0.644. The molecule has 0 saturated heterocycles. The van der Waals surface area contributed by atoms with Crippen molar-refractivity contribution in [3.8, 4) is 5.75 Å². The number of amides is 2. The van der Waals surface area contributed by atoms with E-state index in [0.29, 0.717) is 17.9 Å². The summed E-state index contributed by atoms with van der Waals surface area (Å²) in [5.41, 5.74) is 5.22. The number of hydrogen-bond donors (Lipinski definition) is 3. The van der Waals surface area contributed by atoms with Gasteiger partial charge in [0.1, 0.15) is 11.9 Å². The SMILES string of the molecule is CCOc1ccccc1C(=O)NCC(O)C(N)=O. The maximum Gasteiger partial charge on any atom is 0.255 e. The Morgan fingerprint density at radius 2 is 2.11 bits per heavy atom. The first kappa shape index (κ1) is 14.0. The summed E-state index contributed by atoms with van der Waals surface area (Å²) in [5.74, 6) is -0.862. The van der Waals surface area contributed by atoms with E-state index < -0.39 is 17.9 Å². The normalized spacial score (nSPS) is 11.7. The Balaban J connectivity index is 2.69. The van der Waals surface area contributed by atoms with Crippen LogP contribution in [0.2, 0.25) is 0 Å². The molecule has 0 spiro atoms. The molecule has 0 heterocycles. The molecule has 0 aromatic heterocycles. The molecule has 0 radical (unpaired) electrons. The Hall–Kier alpha value is -2.08. The largest absolute Gasteiger partial charge is 0.493 e. The van der Waals surface area contributed by atoms with Crippen LogP contribution >= 0.6 is 0 Å². The maximum atomic E-state index is 11.8. The lowest BCUT2D eigenvalue weighted by Crippen LogP contribution is -2.40. The minimum absolute atomic E-state index is 0.228. The number of ether oxygens (including phenoxy) is 1. The molecular weight excluding hydrogens is 236 g/mol. The Bertz CT molecular complexity index is 434. The van der Waals surface area contributed by atoms with E-state index in [2.05, 4.69) is 5.32 Å². The van der Waals surface area contributed by atoms with Crippen molar-refractivity contribution in [2.75, 3.05) is 13.2 Å². The van der Waals surface area contributed by atoms with Gasteiger partial charge in [-0.25, -0.2) is 0 Å². The summed E-state index contributed by atoms with van der Waals surface area (Å²) in [5, 5.41) is 11.6. The highest BCUT2D eigenvalue weighted by Crippen LogP contribution is 2.17. The van der Waals surface area contributed by atoms with Gasteiger partial charge in [-0.2, -0.15) is 0 Å². The van der Waals surface area contributed by atoms with E-state index in [4.69, 9.17) is 10.5 Å². The third-order valence-electron chi connectivity index (χ3n) is 2.22. The summed E-state index contributed by atoms with van der Waals surface area (Å²) in [4.78, 5) is 22.4. The molecule has 2 amide bonds. The number of nitrogens with two attached hydrogens (primary N) is 1. The van der Waals surface area contributed by atoms with Crippen molar-refractivity contribution in [2.45, 2.75) is 13.0 Å². The van der Waals surface area contributed by atoms with Gasteiger partial charge >= 0.3 is 0 Å². The summed E-state index contributed by atoms with van der Waals surface area (Å²) in [6, 6.07) is 6.71. The number of aliphatic hydroxyl groups excluding tert-OH is 1.